The van der Waals surface area contributed by atoms with Crippen LogP contribution in [0.25, 0.3) is 0 Å². The lowest BCUT2D eigenvalue weighted by atomic mass is 10.2. The molecule has 0 N–H and O–H groups in total. The Balaban J connectivity index is 0.00000169. The molecule has 0 aromatic heterocycles. The summed E-state index contributed by atoms with van der Waals surface area (Å²) in [5, 5.41) is 10.4. The average Bonchev–Trinajstić information content (AvgIpc) is 2.03. The molecule has 78 valence electrons. The van der Waals surface area contributed by atoms with Crippen LogP contribution in [-0.4, -0.2) is 17.4 Å². The van der Waals surface area contributed by atoms with Crippen molar-refractivity contribution in [3.63, 3.8) is 0 Å². The van der Waals surface area contributed by atoms with Crippen LogP contribution in [0, 0.1) is 10.1 Å². The third-order valence-corrected chi connectivity index (χ3v) is 2.49. The zero-order valence-corrected chi connectivity index (χ0v) is 10.5. The van der Waals surface area contributed by atoms with E-state index in [0.717, 1.165) is 11.3 Å². The van der Waals surface area contributed by atoms with Crippen molar-refractivity contribution < 1.29 is 21.9 Å². The van der Waals surface area contributed by atoms with Gasteiger partial charge in [0.1, 0.15) is 5.75 Å². The Morgan fingerprint density at radius 3 is 2.57 bits per heavy atom. The molecule has 0 fully saturated rings. The predicted molar refractivity (Wildman–Crippen MR) is 56.0 cm³/mol. The average molecular weight is 278 g/mol. The molecular formula is C9H12BrNO2S. The molecule has 0 radical (unpaired) electrons. The summed E-state index contributed by atoms with van der Waals surface area (Å²) in [5.41, 5.74) is 1.23. The minimum Gasteiger partial charge on any atom is -1.00 e. The molecule has 0 aliphatic heterocycles. The van der Waals surface area contributed by atoms with Gasteiger partial charge in [0.05, 0.1) is 17.4 Å². The maximum absolute atomic E-state index is 10.4. The highest BCUT2D eigenvalue weighted by molar-refractivity contribution is 7.94. The summed E-state index contributed by atoms with van der Waals surface area (Å²) < 4.78 is 0. The molecule has 14 heavy (non-hydrogen) atoms. The highest BCUT2D eigenvalue weighted by atomic mass is 79.9. The third-order valence-electron chi connectivity index (χ3n) is 1.58. The van der Waals surface area contributed by atoms with Gasteiger partial charge in [-0.15, -0.1) is 0 Å². The molecule has 1 aromatic carbocycles. The Hall–Kier alpha value is -0.550. The van der Waals surface area contributed by atoms with E-state index in [1.165, 1.54) is 6.07 Å². The van der Waals surface area contributed by atoms with Crippen LogP contribution in [0.15, 0.2) is 24.3 Å². The summed E-state index contributed by atoms with van der Waals surface area (Å²) in [5.74, 6) is 0.918. The minimum atomic E-state index is -0.354. The van der Waals surface area contributed by atoms with E-state index in [1.807, 2.05) is 6.07 Å². The fourth-order valence-corrected chi connectivity index (χ4v) is 1.94. The van der Waals surface area contributed by atoms with Crippen LogP contribution in [0.2, 0.25) is 0 Å². The molecule has 0 unspecified atom stereocenters. The number of non-ortho nitro benzene ring substituents is 1. The molecule has 0 saturated heterocycles. The SMILES string of the molecule is C[S+](C)Cc1cccc([N+](=O)[O-])c1.[Br-]. The Kier molecular flexibility index (Phi) is 5.79. The lowest BCUT2D eigenvalue weighted by Crippen LogP contribution is -3.00. The molecular weight excluding hydrogens is 266 g/mol. The number of halogens is 1. The second-order valence-corrected chi connectivity index (χ2v) is 5.32. The van der Waals surface area contributed by atoms with Gasteiger partial charge in [0.25, 0.3) is 5.69 Å². The van der Waals surface area contributed by atoms with Crippen molar-refractivity contribution in [2.75, 3.05) is 12.5 Å². The molecule has 0 amide bonds. The van der Waals surface area contributed by atoms with E-state index in [9.17, 15) is 10.1 Å². The fraction of sp³-hybridized carbons (Fsp3) is 0.333. The van der Waals surface area contributed by atoms with Crippen molar-refractivity contribution >= 4 is 16.6 Å². The second kappa shape index (κ2) is 6.03. The molecule has 0 aliphatic carbocycles. The van der Waals surface area contributed by atoms with E-state index in [2.05, 4.69) is 12.5 Å². The Bertz CT molecular complexity index is 317. The number of benzene rings is 1. The van der Waals surface area contributed by atoms with Crippen molar-refractivity contribution in [2.24, 2.45) is 0 Å². The maximum atomic E-state index is 10.4. The predicted octanol–water partition coefficient (Wildman–Crippen LogP) is -1.02. The summed E-state index contributed by atoms with van der Waals surface area (Å²) in [6.07, 6.45) is 4.25. The van der Waals surface area contributed by atoms with Gasteiger partial charge < -0.3 is 17.0 Å². The molecule has 3 nitrogen and oxygen atoms in total. The van der Waals surface area contributed by atoms with Crippen molar-refractivity contribution in [1.82, 2.24) is 0 Å². The standard InChI is InChI=1S/C9H12NO2S.BrH/c1-13(2)7-8-4-3-5-9(6-8)10(11)12;/h3-6H,7H2,1-2H3;1H/q+1;/p-1. The quantitative estimate of drug-likeness (QED) is 0.403. The number of nitro groups is 1. The topological polar surface area (TPSA) is 43.1 Å². The lowest BCUT2D eigenvalue weighted by Gasteiger charge is -1.97. The number of rotatable bonds is 3. The van der Waals surface area contributed by atoms with E-state index in [1.54, 1.807) is 12.1 Å². The van der Waals surface area contributed by atoms with E-state index >= 15 is 0 Å². The fourth-order valence-electron chi connectivity index (χ4n) is 1.09. The molecule has 1 aromatic rings. The summed E-state index contributed by atoms with van der Waals surface area (Å²) >= 11 is 0. The smallest absolute Gasteiger partial charge is 0.269 e. The van der Waals surface area contributed by atoms with Crippen molar-refractivity contribution in [1.29, 1.82) is 0 Å². The number of nitro benzene ring substituents is 1. The third kappa shape index (κ3) is 4.11. The number of hydrogen-bond donors (Lipinski definition) is 0. The van der Waals surface area contributed by atoms with Gasteiger partial charge in [0.2, 0.25) is 0 Å². The van der Waals surface area contributed by atoms with Gasteiger partial charge in [-0.05, 0) is 10.9 Å². The lowest BCUT2D eigenvalue weighted by molar-refractivity contribution is -0.384. The van der Waals surface area contributed by atoms with E-state index in [4.69, 9.17) is 0 Å². The van der Waals surface area contributed by atoms with Crippen molar-refractivity contribution in [3.8, 4) is 0 Å². The van der Waals surface area contributed by atoms with Crippen molar-refractivity contribution in [3.05, 3.63) is 39.9 Å². The van der Waals surface area contributed by atoms with Gasteiger partial charge in [-0.3, -0.25) is 10.1 Å². The first-order valence-electron chi connectivity index (χ1n) is 3.87. The zero-order valence-electron chi connectivity index (χ0n) is 8.07. The zero-order chi connectivity index (χ0) is 9.84. The Labute approximate surface area is 96.8 Å². The molecule has 0 heterocycles. The maximum Gasteiger partial charge on any atom is 0.269 e. The van der Waals surface area contributed by atoms with E-state index < -0.39 is 0 Å². The highest BCUT2D eigenvalue weighted by Gasteiger charge is 2.09. The van der Waals surface area contributed by atoms with Crippen molar-refractivity contribution in [2.45, 2.75) is 5.75 Å². The van der Waals surface area contributed by atoms with Crippen LogP contribution in [-0.2, 0) is 16.6 Å². The Morgan fingerprint density at radius 1 is 1.43 bits per heavy atom. The monoisotopic (exact) mass is 277 g/mol. The Morgan fingerprint density at radius 2 is 2.07 bits per heavy atom. The van der Waals surface area contributed by atoms with Gasteiger partial charge in [0.15, 0.2) is 0 Å². The van der Waals surface area contributed by atoms with Gasteiger partial charge in [-0.25, -0.2) is 0 Å². The molecule has 5 heteroatoms. The number of nitrogens with zero attached hydrogens (tertiary/aromatic N) is 1. The van der Waals surface area contributed by atoms with Crippen LogP contribution in [0.5, 0.6) is 0 Å². The largest absolute Gasteiger partial charge is 1.00 e. The van der Waals surface area contributed by atoms with Crippen LogP contribution in [0.4, 0.5) is 5.69 Å². The van der Waals surface area contributed by atoms with Gasteiger partial charge in [-0.2, -0.15) is 0 Å². The number of hydrogen-bond acceptors (Lipinski definition) is 2. The van der Waals surface area contributed by atoms with Gasteiger partial charge in [0, 0.05) is 17.7 Å². The molecule has 0 atom stereocenters. The molecule has 0 saturated carbocycles. The van der Waals surface area contributed by atoms with E-state index in [-0.39, 0.29) is 38.5 Å². The van der Waals surface area contributed by atoms with Crippen LogP contribution < -0.4 is 17.0 Å². The van der Waals surface area contributed by atoms with Crippen LogP contribution >= 0.6 is 0 Å². The van der Waals surface area contributed by atoms with Gasteiger partial charge in [-0.1, -0.05) is 12.1 Å². The first kappa shape index (κ1) is 13.4. The molecule has 0 aliphatic rings. The normalized spacial score (nSPS) is 9.64. The summed E-state index contributed by atoms with van der Waals surface area (Å²) in [7, 11) is 0.289. The molecule has 0 spiro atoms. The highest BCUT2D eigenvalue weighted by Crippen LogP contribution is 2.14. The van der Waals surface area contributed by atoms with Gasteiger partial charge >= 0.3 is 0 Å². The first-order valence-corrected chi connectivity index (χ1v) is 6.08. The summed E-state index contributed by atoms with van der Waals surface area (Å²) in [4.78, 5) is 10.1. The van der Waals surface area contributed by atoms with Crippen LogP contribution in [0.1, 0.15) is 5.56 Å². The summed E-state index contributed by atoms with van der Waals surface area (Å²) in [6, 6.07) is 6.83. The van der Waals surface area contributed by atoms with Crippen LogP contribution in [0.3, 0.4) is 0 Å². The first-order chi connectivity index (χ1) is 6.09. The summed E-state index contributed by atoms with van der Waals surface area (Å²) in [6.45, 7) is 0. The molecule has 0 bridgehead atoms. The minimum absolute atomic E-state index is 0. The van der Waals surface area contributed by atoms with E-state index in [0.29, 0.717) is 0 Å². The second-order valence-electron chi connectivity index (χ2n) is 3.06. The molecule has 1 rings (SSSR count).